The van der Waals surface area contributed by atoms with Crippen LogP contribution in [-0.4, -0.2) is 32.5 Å². The van der Waals surface area contributed by atoms with Crippen LogP contribution in [0.3, 0.4) is 0 Å². The van der Waals surface area contributed by atoms with Gasteiger partial charge in [-0.2, -0.15) is 4.98 Å². The summed E-state index contributed by atoms with van der Waals surface area (Å²) in [6.07, 6.45) is 9.12. The number of nitrogens with zero attached hydrogens (tertiary/aromatic N) is 4. The second-order valence-electron chi connectivity index (χ2n) is 6.19. The van der Waals surface area contributed by atoms with Gasteiger partial charge in [-0.05, 0) is 49.6 Å². The molecular weight excluding hydrogens is 324 g/mol. The Bertz CT molecular complexity index is 807. The Morgan fingerprint density at radius 1 is 1.04 bits per heavy atom. The lowest BCUT2D eigenvalue weighted by Crippen LogP contribution is -2.17. The van der Waals surface area contributed by atoms with Crippen LogP contribution in [0.25, 0.3) is 11.3 Å². The summed E-state index contributed by atoms with van der Waals surface area (Å²) in [5.41, 5.74) is 3.07. The zero-order valence-electron chi connectivity index (χ0n) is 15.2. The van der Waals surface area contributed by atoms with Crippen molar-refractivity contribution in [1.29, 1.82) is 0 Å². The van der Waals surface area contributed by atoms with Crippen LogP contribution < -0.4 is 10.6 Å². The van der Waals surface area contributed by atoms with Crippen molar-refractivity contribution in [2.75, 3.05) is 17.2 Å². The number of aromatic nitrogens is 4. The van der Waals surface area contributed by atoms with Crippen molar-refractivity contribution in [3.8, 4) is 11.3 Å². The first kappa shape index (κ1) is 17.8. The molecule has 0 spiro atoms. The van der Waals surface area contributed by atoms with E-state index in [4.69, 9.17) is 0 Å². The fraction of sp³-hybridized carbons (Fsp3) is 0.300. The minimum Gasteiger partial charge on any atom is -0.370 e. The molecular formula is C20H24N6. The molecule has 3 aromatic rings. The maximum Gasteiger partial charge on any atom is 0.225 e. The van der Waals surface area contributed by atoms with Crippen LogP contribution in [0.1, 0.15) is 25.8 Å². The standard InChI is InChI=1S/C20H24N6/c1-3-15(2)24-20-25-18(17-5-4-9-22-14-17)13-19(26-20)23-12-8-16-6-10-21-11-7-16/h4-7,9-11,13-15H,3,8,12H2,1-2H3,(H2,23,24,25,26)/t15-/m0/s1. The van der Waals surface area contributed by atoms with Crippen LogP contribution in [0.5, 0.6) is 0 Å². The van der Waals surface area contributed by atoms with Gasteiger partial charge in [0.1, 0.15) is 5.82 Å². The SMILES string of the molecule is CC[C@H](C)Nc1nc(NCCc2ccncc2)cc(-c2cccnc2)n1. The van der Waals surface area contributed by atoms with Crippen molar-refractivity contribution in [3.05, 3.63) is 60.7 Å². The summed E-state index contributed by atoms with van der Waals surface area (Å²) in [5, 5.41) is 6.76. The fourth-order valence-electron chi connectivity index (χ4n) is 2.47. The second kappa shape index (κ2) is 8.89. The van der Waals surface area contributed by atoms with Gasteiger partial charge in [-0.25, -0.2) is 4.98 Å². The van der Waals surface area contributed by atoms with Gasteiger partial charge in [0, 0.05) is 49.0 Å². The van der Waals surface area contributed by atoms with Gasteiger partial charge in [-0.1, -0.05) is 6.92 Å². The van der Waals surface area contributed by atoms with Crippen LogP contribution in [0.4, 0.5) is 11.8 Å². The first-order valence-electron chi connectivity index (χ1n) is 8.93. The third kappa shape index (κ3) is 4.99. The minimum absolute atomic E-state index is 0.309. The maximum absolute atomic E-state index is 4.65. The van der Waals surface area contributed by atoms with E-state index in [0.717, 1.165) is 36.5 Å². The number of pyridine rings is 2. The summed E-state index contributed by atoms with van der Waals surface area (Å²) in [6.45, 7) is 5.05. The lowest BCUT2D eigenvalue weighted by atomic mass is 10.2. The topological polar surface area (TPSA) is 75.6 Å². The number of nitrogens with one attached hydrogen (secondary N) is 2. The molecule has 0 aliphatic carbocycles. The van der Waals surface area contributed by atoms with Crippen molar-refractivity contribution in [2.24, 2.45) is 0 Å². The largest absolute Gasteiger partial charge is 0.370 e. The van der Waals surface area contributed by atoms with E-state index in [1.807, 2.05) is 48.9 Å². The molecule has 6 heteroatoms. The van der Waals surface area contributed by atoms with Crippen molar-refractivity contribution >= 4 is 11.8 Å². The lowest BCUT2D eigenvalue weighted by Gasteiger charge is -2.14. The van der Waals surface area contributed by atoms with Gasteiger partial charge >= 0.3 is 0 Å². The van der Waals surface area contributed by atoms with E-state index < -0.39 is 0 Å². The summed E-state index contributed by atoms with van der Waals surface area (Å²) in [4.78, 5) is 17.5. The van der Waals surface area contributed by atoms with E-state index in [-0.39, 0.29) is 0 Å². The Hall–Kier alpha value is -3.02. The number of rotatable bonds is 8. The molecule has 134 valence electrons. The first-order valence-corrected chi connectivity index (χ1v) is 8.93. The molecule has 6 nitrogen and oxygen atoms in total. The molecule has 0 saturated carbocycles. The van der Waals surface area contributed by atoms with E-state index in [9.17, 15) is 0 Å². The van der Waals surface area contributed by atoms with E-state index in [0.29, 0.717) is 12.0 Å². The Labute approximate surface area is 154 Å². The lowest BCUT2D eigenvalue weighted by molar-refractivity contribution is 0.753. The highest BCUT2D eigenvalue weighted by Crippen LogP contribution is 2.21. The van der Waals surface area contributed by atoms with Crippen molar-refractivity contribution in [3.63, 3.8) is 0 Å². The molecule has 0 aromatic carbocycles. The van der Waals surface area contributed by atoms with Crippen LogP contribution in [0.15, 0.2) is 55.1 Å². The highest BCUT2D eigenvalue weighted by atomic mass is 15.2. The third-order valence-electron chi connectivity index (χ3n) is 4.14. The summed E-state index contributed by atoms with van der Waals surface area (Å²) in [7, 11) is 0. The molecule has 3 aromatic heterocycles. The van der Waals surface area contributed by atoms with E-state index in [1.165, 1.54) is 5.56 Å². The van der Waals surface area contributed by atoms with Gasteiger partial charge in [0.25, 0.3) is 0 Å². The number of anilines is 2. The number of hydrogen-bond donors (Lipinski definition) is 2. The van der Waals surface area contributed by atoms with Gasteiger partial charge in [-0.3, -0.25) is 9.97 Å². The zero-order valence-corrected chi connectivity index (χ0v) is 15.2. The van der Waals surface area contributed by atoms with Gasteiger partial charge in [0.15, 0.2) is 0 Å². The maximum atomic E-state index is 4.65. The third-order valence-corrected chi connectivity index (χ3v) is 4.14. The van der Waals surface area contributed by atoms with E-state index >= 15 is 0 Å². The molecule has 0 bridgehead atoms. The highest BCUT2D eigenvalue weighted by Gasteiger charge is 2.09. The molecule has 0 aliphatic rings. The molecule has 0 saturated heterocycles. The predicted molar refractivity (Wildman–Crippen MR) is 105 cm³/mol. The van der Waals surface area contributed by atoms with Crippen LogP contribution >= 0.6 is 0 Å². The second-order valence-corrected chi connectivity index (χ2v) is 6.19. The van der Waals surface area contributed by atoms with Crippen molar-refractivity contribution < 1.29 is 0 Å². The Balaban J connectivity index is 1.77. The first-order chi connectivity index (χ1) is 12.7. The molecule has 0 unspecified atom stereocenters. The summed E-state index contributed by atoms with van der Waals surface area (Å²) in [5.74, 6) is 1.44. The average molecular weight is 348 g/mol. The monoisotopic (exact) mass is 348 g/mol. The molecule has 26 heavy (non-hydrogen) atoms. The van der Waals surface area contributed by atoms with Gasteiger partial charge in [0.05, 0.1) is 5.69 Å². The minimum atomic E-state index is 0.309. The van der Waals surface area contributed by atoms with Gasteiger partial charge in [-0.15, -0.1) is 0 Å². The van der Waals surface area contributed by atoms with Crippen LogP contribution in [-0.2, 0) is 6.42 Å². The normalized spacial score (nSPS) is 11.8. The highest BCUT2D eigenvalue weighted by molar-refractivity contribution is 5.63. The van der Waals surface area contributed by atoms with Crippen molar-refractivity contribution in [1.82, 2.24) is 19.9 Å². The molecule has 0 fully saturated rings. The molecule has 0 amide bonds. The average Bonchev–Trinajstić information content (AvgIpc) is 2.69. The zero-order chi connectivity index (χ0) is 18.2. The summed E-state index contributed by atoms with van der Waals surface area (Å²) in [6, 6.07) is 10.2. The smallest absolute Gasteiger partial charge is 0.225 e. The number of hydrogen-bond acceptors (Lipinski definition) is 6. The van der Waals surface area contributed by atoms with Gasteiger partial charge in [0.2, 0.25) is 5.95 Å². The quantitative estimate of drug-likeness (QED) is 0.645. The van der Waals surface area contributed by atoms with E-state index in [1.54, 1.807) is 6.20 Å². The van der Waals surface area contributed by atoms with E-state index in [2.05, 4.69) is 44.4 Å². The fourth-order valence-corrected chi connectivity index (χ4v) is 2.47. The molecule has 0 radical (unpaired) electrons. The molecule has 3 heterocycles. The van der Waals surface area contributed by atoms with Crippen LogP contribution in [0.2, 0.25) is 0 Å². The molecule has 3 rings (SSSR count). The summed E-state index contributed by atoms with van der Waals surface area (Å²) < 4.78 is 0. The summed E-state index contributed by atoms with van der Waals surface area (Å²) >= 11 is 0. The Kier molecular flexibility index (Phi) is 6.09. The Morgan fingerprint density at radius 2 is 1.88 bits per heavy atom. The molecule has 2 N–H and O–H groups in total. The Morgan fingerprint density at radius 3 is 2.62 bits per heavy atom. The van der Waals surface area contributed by atoms with Gasteiger partial charge < -0.3 is 10.6 Å². The molecule has 0 aliphatic heterocycles. The molecule has 1 atom stereocenters. The van der Waals surface area contributed by atoms with Crippen LogP contribution in [0, 0.1) is 0 Å². The van der Waals surface area contributed by atoms with Crippen molar-refractivity contribution in [2.45, 2.75) is 32.7 Å². The predicted octanol–water partition coefficient (Wildman–Crippen LogP) is 3.80.